The molecule has 0 aliphatic carbocycles. The SMILES string of the molecule is O=c1ccc(N2CCCCC2CNc2nccs2)n[nH]1. The highest BCUT2D eigenvalue weighted by Gasteiger charge is 2.23. The number of rotatable bonds is 4. The van der Waals surface area contributed by atoms with Crippen LogP contribution in [0.5, 0.6) is 0 Å². The van der Waals surface area contributed by atoms with Gasteiger partial charge in [0.25, 0.3) is 5.56 Å². The lowest BCUT2D eigenvalue weighted by Gasteiger charge is -2.36. The Kier molecular flexibility index (Phi) is 3.96. The van der Waals surface area contributed by atoms with Gasteiger partial charge in [0.15, 0.2) is 5.13 Å². The lowest BCUT2D eigenvalue weighted by Crippen LogP contribution is -2.44. The van der Waals surface area contributed by atoms with Crippen LogP contribution < -0.4 is 15.8 Å². The Bertz CT molecular complexity index is 577. The fourth-order valence-corrected chi connectivity index (χ4v) is 3.07. The van der Waals surface area contributed by atoms with Gasteiger partial charge in [-0.05, 0) is 25.3 Å². The van der Waals surface area contributed by atoms with Crippen molar-refractivity contribution in [2.45, 2.75) is 25.3 Å². The minimum atomic E-state index is -0.164. The molecule has 3 heterocycles. The second-order valence-corrected chi connectivity index (χ2v) is 5.74. The Morgan fingerprint density at radius 1 is 1.45 bits per heavy atom. The van der Waals surface area contributed by atoms with Crippen molar-refractivity contribution in [2.24, 2.45) is 0 Å². The van der Waals surface area contributed by atoms with Crippen molar-refractivity contribution < 1.29 is 0 Å². The van der Waals surface area contributed by atoms with E-state index >= 15 is 0 Å². The second kappa shape index (κ2) is 6.04. The minimum Gasteiger partial charge on any atom is -0.359 e. The number of anilines is 2. The van der Waals surface area contributed by atoms with E-state index in [9.17, 15) is 4.79 Å². The van der Waals surface area contributed by atoms with Crippen LogP contribution in [0.2, 0.25) is 0 Å². The molecule has 7 heteroatoms. The van der Waals surface area contributed by atoms with Crippen molar-refractivity contribution in [3.05, 3.63) is 34.1 Å². The van der Waals surface area contributed by atoms with Gasteiger partial charge in [-0.15, -0.1) is 11.3 Å². The summed E-state index contributed by atoms with van der Waals surface area (Å²) >= 11 is 1.61. The molecule has 1 saturated heterocycles. The summed E-state index contributed by atoms with van der Waals surface area (Å²) in [7, 11) is 0. The lowest BCUT2D eigenvalue weighted by atomic mass is 10.0. The van der Waals surface area contributed by atoms with E-state index in [-0.39, 0.29) is 5.56 Å². The maximum atomic E-state index is 11.1. The fourth-order valence-electron chi connectivity index (χ4n) is 2.53. The van der Waals surface area contributed by atoms with Crippen LogP contribution in [0.25, 0.3) is 0 Å². The molecule has 0 saturated carbocycles. The molecular weight excluding hydrogens is 274 g/mol. The highest BCUT2D eigenvalue weighted by Crippen LogP contribution is 2.22. The first-order valence-electron chi connectivity index (χ1n) is 6.79. The lowest BCUT2D eigenvalue weighted by molar-refractivity contribution is 0.467. The summed E-state index contributed by atoms with van der Waals surface area (Å²) in [5.41, 5.74) is -0.164. The molecule has 0 spiro atoms. The van der Waals surface area contributed by atoms with Crippen LogP contribution in [0.4, 0.5) is 10.9 Å². The maximum absolute atomic E-state index is 11.1. The Morgan fingerprint density at radius 2 is 2.40 bits per heavy atom. The number of hydrogen-bond donors (Lipinski definition) is 2. The topological polar surface area (TPSA) is 73.9 Å². The zero-order valence-corrected chi connectivity index (χ0v) is 11.9. The molecule has 1 atom stereocenters. The van der Waals surface area contributed by atoms with Gasteiger partial charge in [-0.1, -0.05) is 0 Å². The van der Waals surface area contributed by atoms with Gasteiger partial charge in [-0.25, -0.2) is 10.1 Å². The van der Waals surface area contributed by atoms with E-state index in [1.165, 1.54) is 12.5 Å². The summed E-state index contributed by atoms with van der Waals surface area (Å²) in [4.78, 5) is 17.6. The Morgan fingerprint density at radius 3 is 3.15 bits per heavy atom. The van der Waals surface area contributed by atoms with E-state index in [2.05, 4.69) is 25.4 Å². The summed E-state index contributed by atoms with van der Waals surface area (Å²) in [6.45, 7) is 1.82. The number of nitrogens with one attached hydrogen (secondary N) is 2. The third-order valence-electron chi connectivity index (χ3n) is 3.51. The molecule has 6 nitrogen and oxygen atoms in total. The van der Waals surface area contributed by atoms with Gasteiger partial charge in [0, 0.05) is 36.8 Å². The molecule has 2 N–H and O–H groups in total. The first-order chi connectivity index (χ1) is 9.83. The van der Waals surface area contributed by atoms with Crippen LogP contribution in [0.15, 0.2) is 28.5 Å². The summed E-state index contributed by atoms with van der Waals surface area (Å²) in [6.07, 6.45) is 5.31. The summed E-state index contributed by atoms with van der Waals surface area (Å²) in [6, 6.07) is 3.70. The molecule has 106 valence electrons. The molecule has 1 aliphatic rings. The van der Waals surface area contributed by atoms with Crippen LogP contribution in [0, 0.1) is 0 Å². The fraction of sp³-hybridized carbons (Fsp3) is 0.462. The zero-order valence-electron chi connectivity index (χ0n) is 11.1. The van der Waals surface area contributed by atoms with Crippen molar-refractivity contribution >= 4 is 22.3 Å². The molecule has 2 aromatic rings. The highest BCUT2D eigenvalue weighted by atomic mass is 32.1. The number of piperidine rings is 1. The first kappa shape index (κ1) is 13.1. The summed E-state index contributed by atoms with van der Waals surface area (Å²) in [5.74, 6) is 0.843. The van der Waals surface area contributed by atoms with E-state index in [0.717, 1.165) is 36.9 Å². The monoisotopic (exact) mass is 291 g/mol. The van der Waals surface area contributed by atoms with Gasteiger partial charge >= 0.3 is 0 Å². The van der Waals surface area contributed by atoms with E-state index < -0.39 is 0 Å². The van der Waals surface area contributed by atoms with Crippen molar-refractivity contribution in [3.8, 4) is 0 Å². The van der Waals surface area contributed by atoms with Gasteiger partial charge in [0.1, 0.15) is 5.82 Å². The molecule has 1 fully saturated rings. The molecule has 3 rings (SSSR count). The first-order valence-corrected chi connectivity index (χ1v) is 7.66. The van der Waals surface area contributed by atoms with Crippen LogP contribution in [-0.4, -0.2) is 34.3 Å². The summed E-state index contributed by atoms with van der Waals surface area (Å²) in [5, 5.41) is 12.9. The van der Waals surface area contributed by atoms with Crippen molar-refractivity contribution in [1.82, 2.24) is 15.2 Å². The number of aromatic amines is 1. The molecule has 2 aromatic heterocycles. The smallest absolute Gasteiger partial charge is 0.264 e. The number of nitrogens with zero attached hydrogens (tertiary/aromatic N) is 3. The molecule has 0 bridgehead atoms. The second-order valence-electron chi connectivity index (χ2n) is 4.84. The largest absolute Gasteiger partial charge is 0.359 e. The van der Waals surface area contributed by atoms with Crippen LogP contribution >= 0.6 is 11.3 Å². The molecule has 1 aliphatic heterocycles. The van der Waals surface area contributed by atoms with Crippen molar-refractivity contribution in [1.29, 1.82) is 0 Å². The third-order valence-corrected chi connectivity index (χ3v) is 4.24. The van der Waals surface area contributed by atoms with Crippen molar-refractivity contribution in [3.63, 3.8) is 0 Å². The average Bonchev–Trinajstić information content (AvgIpc) is 3.00. The summed E-state index contributed by atoms with van der Waals surface area (Å²) < 4.78 is 0. The van der Waals surface area contributed by atoms with Gasteiger partial charge in [0.05, 0.1) is 0 Å². The highest BCUT2D eigenvalue weighted by molar-refractivity contribution is 7.13. The Labute approximate surface area is 120 Å². The minimum absolute atomic E-state index is 0.164. The Balaban J connectivity index is 1.70. The predicted octanol–water partition coefficient (Wildman–Crippen LogP) is 1.70. The molecule has 0 amide bonds. The third kappa shape index (κ3) is 2.98. The number of H-pyrrole nitrogens is 1. The maximum Gasteiger partial charge on any atom is 0.264 e. The molecule has 0 aromatic carbocycles. The predicted molar refractivity (Wildman–Crippen MR) is 80.4 cm³/mol. The normalized spacial score (nSPS) is 19.0. The van der Waals surface area contributed by atoms with Gasteiger partial charge in [-0.2, -0.15) is 5.10 Å². The van der Waals surface area contributed by atoms with Gasteiger partial charge in [-0.3, -0.25) is 4.79 Å². The van der Waals surface area contributed by atoms with E-state index in [1.54, 1.807) is 23.6 Å². The van der Waals surface area contributed by atoms with Crippen LogP contribution in [0.1, 0.15) is 19.3 Å². The van der Waals surface area contributed by atoms with Gasteiger partial charge < -0.3 is 10.2 Å². The molecule has 20 heavy (non-hydrogen) atoms. The van der Waals surface area contributed by atoms with E-state index in [0.29, 0.717) is 6.04 Å². The number of hydrogen-bond acceptors (Lipinski definition) is 6. The van der Waals surface area contributed by atoms with Crippen LogP contribution in [-0.2, 0) is 0 Å². The number of aromatic nitrogens is 3. The molecule has 1 unspecified atom stereocenters. The quantitative estimate of drug-likeness (QED) is 0.897. The van der Waals surface area contributed by atoms with Crippen molar-refractivity contribution in [2.75, 3.05) is 23.3 Å². The standard InChI is InChI=1S/C13H17N5OS/c19-12-5-4-11(16-17-12)18-7-2-1-3-10(18)9-15-13-14-6-8-20-13/h4-6,8,10H,1-3,7,9H2,(H,14,15)(H,17,19). The average molecular weight is 291 g/mol. The molecular formula is C13H17N5OS. The van der Waals surface area contributed by atoms with E-state index in [4.69, 9.17) is 0 Å². The van der Waals surface area contributed by atoms with Crippen LogP contribution in [0.3, 0.4) is 0 Å². The van der Waals surface area contributed by atoms with E-state index in [1.807, 2.05) is 5.38 Å². The zero-order chi connectivity index (χ0) is 13.8. The molecule has 0 radical (unpaired) electrons. The number of thiazole rings is 1. The Hall–Kier alpha value is -1.89. The van der Waals surface area contributed by atoms with Gasteiger partial charge in [0.2, 0.25) is 0 Å².